The number of amides is 3. The molecule has 34 heavy (non-hydrogen) atoms. The Balaban J connectivity index is 1.44. The number of carbonyl (C=O) groups excluding carboxylic acids is 3. The van der Waals surface area contributed by atoms with Crippen LogP contribution >= 0.6 is 11.6 Å². The molecule has 3 amide bonds. The topological polar surface area (TPSA) is 78.5 Å². The number of hydrogen-bond acceptors (Lipinski definition) is 3. The molecule has 3 aromatic carbocycles. The first kappa shape index (κ1) is 23.5. The molecule has 3 aromatic rings. The Morgan fingerprint density at radius 1 is 0.971 bits per heavy atom. The van der Waals surface area contributed by atoms with E-state index in [0.29, 0.717) is 16.3 Å². The van der Waals surface area contributed by atoms with Gasteiger partial charge in [0.15, 0.2) is 0 Å². The van der Waals surface area contributed by atoms with Gasteiger partial charge in [0, 0.05) is 40.6 Å². The molecule has 1 fully saturated rings. The zero-order chi connectivity index (χ0) is 24.4. The maximum atomic E-state index is 12.9. The van der Waals surface area contributed by atoms with Crippen molar-refractivity contribution in [3.63, 3.8) is 0 Å². The van der Waals surface area contributed by atoms with Gasteiger partial charge in [-0.1, -0.05) is 41.4 Å². The van der Waals surface area contributed by atoms with Crippen LogP contribution < -0.4 is 15.5 Å². The molecule has 1 atom stereocenters. The van der Waals surface area contributed by atoms with Crippen molar-refractivity contribution < 1.29 is 14.4 Å². The molecule has 7 heteroatoms. The smallest absolute Gasteiger partial charge is 0.255 e. The van der Waals surface area contributed by atoms with E-state index in [1.807, 2.05) is 45.0 Å². The SMILES string of the molecule is Cc1ccc(NC(=O)c2cccc(NC(=O)[C@@H]3CC(=O)N(c4cccc(Cl)c4C)C3)c2)c(C)c1. The van der Waals surface area contributed by atoms with Crippen LogP contribution in [0.25, 0.3) is 0 Å². The summed E-state index contributed by atoms with van der Waals surface area (Å²) >= 11 is 6.20. The summed E-state index contributed by atoms with van der Waals surface area (Å²) in [5.74, 6) is -1.14. The average molecular weight is 476 g/mol. The molecule has 1 heterocycles. The maximum absolute atomic E-state index is 12.9. The van der Waals surface area contributed by atoms with Crippen LogP contribution in [0, 0.1) is 26.7 Å². The van der Waals surface area contributed by atoms with Crippen molar-refractivity contribution in [1.29, 1.82) is 0 Å². The Bertz CT molecular complexity index is 1290. The normalized spacial score (nSPS) is 15.4. The van der Waals surface area contributed by atoms with Crippen molar-refractivity contribution in [3.8, 4) is 0 Å². The number of anilines is 3. The number of nitrogens with one attached hydrogen (secondary N) is 2. The van der Waals surface area contributed by atoms with Crippen LogP contribution in [0.2, 0.25) is 5.02 Å². The Labute approximate surface area is 203 Å². The van der Waals surface area contributed by atoms with E-state index in [2.05, 4.69) is 10.6 Å². The first-order valence-corrected chi connectivity index (χ1v) is 11.5. The molecule has 0 aromatic heterocycles. The summed E-state index contributed by atoms with van der Waals surface area (Å²) in [7, 11) is 0. The van der Waals surface area contributed by atoms with Gasteiger partial charge in [-0.2, -0.15) is 0 Å². The van der Waals surface area contributed by atoms with E-state index in [1.54, 1.807) is 41.3 Å². The summed E-state index contributed by atoms with van der Waals surface area (Å²) in [5, 5.41) is 6.35. The van der Waals surface area contributed by atoms with Gasteiger partial charge in [0.1, 0.15) is 0 Å². The third-order valence-corrected chi connectivity index (χ3v) is 6.46. The van der Waals surface area contributed by atoms with E-state index in [-0.39, 0.29) is 30.7 Å². The second kappa shape index (κ2) is 9.69. The fourth-order valence-corrected chi connectivity index (χ4v) is 4.30. The molecule has 0 aliphatic carbocycles. The van der Waals surface area contributed by atoms with Gasteiger partial charge in [0.25, 0.3) is 5.91 Å². The van der Waals surface area contributed by atoms with Gasteiger partial charge in [0.2, 0.25) is 11.8 Å². The summed E-state index contributed by atoms with van der Waals surface area (Å²) < 4.78 is 0. The Hall–Kier alpha value is -3.64. The predicted molar refractivity (Wildman–Crippen MR) is 136 cm³/mol. The zero-order valence-corrected chi connectivity index (χ0v) is 20.1. The summed E-state index contributed by atoms with van der Waals surface area (Å²) in [6.07, 6.45) is 0.116. The fourth-order valence-electron chi connectivity index (χ4n) is 4.14. The van der Waals surface area contributed by atoms with E-state index in [0.717, 1.165) is 28.1 Å². The van der Waals surface area contributed by atoms with Crippen LogP contribution in [-0.2, 0) is 9.59 Å². The van der Waals surface area contributed by atoms with Crippen molar-refractivity contribution in [2.45, 2.75) is 27.2 Å². The van der Waals surface area contributed by atoms with E-state index in [1.165, 1.54) is 0 Å². The molecule has 0 radical (unpaired) electrons. The Kier molecular flexibility index (Phi) is 6.70. The molecule has 6 nitrogen and oxygen atoms in total. The van der Waals surface area contributed by atoms with Gasteiger partial charge in [-0.25, -0.2) is 0 Å². The van der Waals surface area contributed by atoms with Gasteiger partial charge in [0.05, 0.1) is 5.92 Å². The van der Waals surface area contributed by atoms with Crippen molar-refractivity contribution in [2.24, 2.45) is 5.92 Å². The van der Waals surface area contributed by atoms with E-state index >= 15 is 0 Å². The maximum Gasteiger partial charge on any atom is 0.255 e. The lowest BCUT2D eigenvalue weighted by Gasteiger charge is -2.19. The first-order valence-electron chi connectivity index (χ1n) is 11.1. The standard InChI is InChI=1S/C27H26ClN3O3/c1-16-10-11-23(17(2)12-16)30-26(33)19-6-4-7-21(13-19)29-27(34)20-14-25(32)31(15-20)24-9-5-8-22(28)18(24)3/h4-13,20H,14-15H2,1-3H3,(H,29,34)(H,30,33)/t20-/m1/s1. The van der Waals surface area contributed by atoms with Crippen LogP contribution in [0.4, 0.5) is 17.1 Å². The van der Waals surface area contributed by atoms with Gasteiger partial charge < -0.3 is 15.5 Å². The summed E-state index contributed by atoms with van der Waals surface area (Å²) in [6.45, 7) is 6.07. The van der Waals surface area contributed by atoms with Gasteiger partial charge in [-0.15, -0.1) is 0 Å². The number of carbonyl (C=O) groups is 3. The lowest BCUT2D eigenvalue weighted by molar-refractivity contribution is -0.122. The van der Waals surface area contributed by atoms with E-state index < -0.39 is 5.92 Å². The highest BCUT2D eigenvalue weighted by molar-refractivity contribution is 6.31. The molecule has 174 valence electrons. The number of benzene rings is 3. The lowest BCUT2D eigenvalue weighted by atomic mass is 10.1. The third-order valence-electron chi connectivity index (χ3n) is 6.05. The third kappa shape index (κ3) is 4.97. The zero-order valence-electron chi connectivity index (χ0n) is 19.3. The van der Waals surface area contributed by atoms with Crippen molar-refractivity contribution >= 4 is 46.4 Å². The molecule has 0 bridgehead atoms. The monoisotopic (exact) mass is 475 g/mol. The molecule has 1 aliphatic heterocycles. The Morgan fingerprint density at radius 3 is 2.50 bits per heavy atom. The van der Waals surface area contributed by atoms with Crippen LogP contribution in [0.1, 0.15) is 33.5 Å². The van der Waals surface area contributed by atoms with Crippen molar-refractivity contribution in [2.75, 3.05) is 22.1 Å². The minimum Gasteiger partial charge on any atom is -0.326 e. The molecular formula is C27H26ClN3O3. The van der Waals surface area contributed by atoms with Crippen molar-refractivity contribution in [3.05, 3.63) is 87.9 Å². The molecular weight excluding hydrogens is 450 g/mol. The van der Waals surface area contributed by atoms with Gasteiger partial charge in [-0.05, 0) is 68.3 Å². The lowest BCUT2D eigenvalue weighted by Crippen LogP contribution is -2.28. The largest absolute Gasteiger partial charge is 0.326 e. The second-order valence-corrected chi connectivity index (χ2v) is 9.04. The van der Waals surface area contributed by atoms with Crippen LogP contribution in [0.15, 0.2) is 60.7 Å². The molecule has 0 unspecified atom stereocenters. The van der Waals surface area contributed by atoms with E-state index in [9.17, 15) is 14.4 Å². The van der Waals surface area contributed by atoms with Crippen LogP contribution in [0.5, 0.6) is 0 Å². The molecule has 1 aliphatic rings. The van der Waals surface area contributed by atoms with Crippen molar-refractivity contribution in [1.82, 2.24) is 0 Å². The molecule has 4 rings (SSSR count). The van der Waals surface area contributed by atoms with Gasteiger partial charge in [-0.3, -0.25) is 14.4 Å². The quantitative estimate of drug-likeness (QED) is 0.510. The van der Waals surface area contributed by atoms with Crippen LogP contribution in [0.3, 0.4) is 0 Å². The number of aryl methyl sites for hydroxylation is 2. The van der Waals surface area contributed by atoms with E-state index in [4.69, 9.17) is 11.6 Å². The number of halogens is 1. The number of rotatable bonds is 5. The second-order valence-electron chi connectivity index (χ2n) is 8.63. The minimum atomic E-state index is -0.501. The highest BCUT2D eigenvalue weighted by Crippen LogP contribution is 2.32. The average Bonchev–Trinajstić information content (AvgIpc) is 3.19. The number of hydrogen-bond donors (Lipinski definition) is 2. The predicted octanol–water partition coefficient (Wildman–Crippen LogP) is 5.51. The molecule has 0 spiro atoms. The first-order chi connectivity index (χ1) is 16.2. The molecule has 1 saturated heterocycles. The fraction of sp³-hybridized carbons (Fsp3) is 0.222. The summed E-state index contributed by atoms with van der Waals surface area (Å²) in [6, 6.07) is 18.0. The number of nitrogens with zero attached hydrogens (tertiary/aromatic N) is 1. The van der Waals surface area contributed by atoms with Gasteiger partial charge >= 0.3 is 0 Å². The molecule has 2 N–H and O–H groups in total. The summed E-state index contributed by atoms with van der Waals surface area (Å²) in [4.78, 5) is 39.9. The highest BCUT2D eigenvalue weighted by atomic mass is 35.5. The summed E-state index contributed by atoms with van der Waals surface area (Å²) in [5.41, 5.74) is 5.29. The highest BCUT2D eigenvalue weighted by Gasteiger charge is 2.36. The minimum absolute atomic E-state index is 0.116. The Morgan fingerprint density at radius 2 is 1.74 bits per heavy atom. The molecule has 0 saturated carbocycles. The van der Waals surface area contributed by atoms with Crippen LogP contribution in [-0.4, -0.2) is 24.3 Å².